The molecular formula is C15H14F3NO5. The molecule has 0 spiro atoms. The van der Waals surface area contributed by atoms with Crippen molar-refractivity contribution in [3.8, 4) is 0 Å². The number of aliphatic hydroxyl groups excluding tert-OH is 1. The second-order valence-corrected chi connectivity index (χ2v) is 4.25. The molecule has 0 unspecified atom stereocenters. The van der Waals surface area contributed by atoms with Crippen LogP contribution in [-0.4, -0.2) is 43.2 Å². The maximum atomic E-state index is 12.6. The van der Waals surface area contributed by atoms with Crippen molar-refractivity contribution < 1.29 is 37.3 Å². The zero-order chi connectivity index (χ0) is 18.3. The van der Waals surface area contributed by atoms with Crippen LogP contribution in [0.5, 0.6) is 0 Å². The summed E-state index contributed by atoms with van der Waals surface area (Å²) in [4.78, 5) is 26.9. The van der Waals surface area contributed by atoms with Gasteiger partial charge in [0, 0.05) is 6.21 Å². The summed E-state index contributed by atoms with van der Waals surface area (Å²) in [6, 6.07) is 5.66. The largest absolute Gasteiger partial charge is 0.504 e. The first-order valence-corrected chi connectivity index (χ1v) is 6.61. The predicted molar refractivity (Wildman–Crippen MR) is 78.3 cm³/mol. The fourth-order valence-corrected chi connectivity index (χ4v) is 1.57. The lowest BCUT2D eigenvalue weighted by molar-refractivity contribution is -0.141. The maximum Gasteiger partial charge on any atom is 0.449 e. The summed E-state index contributed by atoms with van der Waals surface area (Å²) in [5.74, 6) is -4.30. The average molecular weight is 345 g/mol. The molecule has 6 nitrogen and oxygen atoms in total. The Morgan fingerprint density at radius 1 is 1.29 bits per heavy atom. The number of carbonyl (C=O) groups is 2. The van der Waals surface area contributed by atoms with E-state index >= 15 is 0 Å². The Kier molecular flexibility index (Phi) is 6.51. The van der Waals surface area contributed by atoms with E-state index in [1.807, 2.05) is 0 Å². The number of methoxy groups -OCH3 is 1. The van der Waals surface area contributed by atoms with Gasteiger partial charge in [-0.05, 0) is 19.1 Å². The van der Waals surface area contributed by atoms with E-state index in [0.29, 0.717) is 6.21 Å². The normalized spacial score (nSPS) is 12.7. The lowest BCUT2D eigenvalue weighted by Crippen LogP contribution is -2.20. The van der Waals surface area contributed by atoms with Gasteiger partial charge in [-0.15, -0.1) is 0 Å². The van der Waals surface area contributed by atoms with Gasteiger partial charge in [0.25, 0.3) is 0 Å². The van der Waals surface area contributed by atoms with E-state index in [0.717, 1.165) is 7.11 Å². The second-order valence-electron chi connectivity index (χ2n) is 4.25. The number of aliphatic hydroxyl groups is 1. The van der Waals surface area contributed by atoms with E-state index < -0.39 is 29.4 Å². The number of nitrogens with zero attached hydrogens (tertiary/aromatic N) is 1. The van der Waals surface area contributed by atoms with Crippen molar-refractivity contribution in [2.24, 2.45) is 4.99 Å². The van der Waals surface area contributed by atoms with Crippen LogP contribution in [-0.2, 0) is 14.3 Å². The first-order chi connectivity index (χ1) is 11.2. The van der Waals surface area contributed by atoms with E-state index in [4.69, 9.17) is 0 Å². The summed E-state index contributed by atoms with van der Waals surface area (Å²) in [6.07, 6.45) is -4.67. The smallest absolute Gasteiger partial charge is 0.449 e. The van der Waals surface area contributed by atoms with E-state index in [-0.39, 0.29) is 17.9 Å². The minimum atomic E-state index is -5.16. The lowest BCUT2D eigenvalue weighted by atomic mass is 10.2. The van der Waals surface area contributed by atoms with Crippen LogP contribution < -0.4 is 0 Å². The van der Waals surface area contributed by atoms with Gasteiger partial charge in [-0.25, -0.2) is 9.59 Å². The Morgan fingerprint density at radius 2 is 1.92 bits per heavy atom. The van der Waals surface area contributed by atoms with Crippen molar-refractivity contribution in [2.75, 3.05) is 13.7 Å². The highest BCUT2D eigenvalue weighted by Gasteiger charge is 2.38. The molecule has 1 aromatic carbocycles. The first kappa shape index (κ1) is 19.2. The van der Waals surface area contributed by atoms with E-state index in [2.05, 4.69) is 14.5 Å². The number of alkyl halides is 3. The highest BCUT2D eigenvalue weighted by molar-refractivity contribution is 6.11. The van der Waals surface area contributed by atoms with Gasteiger partial charge < -0.3 is 14.6 Å². The molecule has 0 bridgehead atoms. The number of para-hydroxylation sites is 1. The monoisotopic (exact) mass is 345 g/mol. The Hall–Kier alpha value is -2.84. The van der Waals surface area contributed by atoms with Gasteiger partial charge in [0.05, 0.1) is 25.0 Å². The number of rotatable bonds is 5. The highest BCUT2D eigenvalue weighted by Crippen LogP contribution is 2.27. The molecular weight excluding hydrogens is 331 g/mol. The fraction of sp³-hybridized carbons (Fsp3) is 0.267. The van der Waals surface area contributed by atoms with Crippen molar-refractivity contribution in [3.05, 3.63) is 41.2 Å². The summed E-state index contributed by atoms with van der Waals surface area (Å²) in [5.41, 5.74) is -1.24. The summed E-state index contributed by atoms with van der Waals surface area (Å²) in [5, 5.41) is 9.22. The molecule has 0 aliphatic carbocycles. The van der Waals surface area contributed by atoms with E-state index in [9.17, 15) is 27.9 Å². The Morgan fingerprint density at radius 3 is 2.46 bits per heavy atom. The highest BCUT2D eigenvalue weighted by atomic mass is 19.4. The number of esters is 2. The summed E-state index contributed by atoms with van der Waals surface area (Å²) in [7, 11) is 1.13. The molecule has 0 aromatic heterocycles. The van der Waals surface area contributed by atoms with E-state index in [1.54, 1.807) is 0 Å². The summed E-state index contributed by atoms with van der Waals surface area (Å²) in [6.45, 7) is 1.20. The molecule has 0 amide bonds. The number of aliphatic imine (C=N–C) groups is 1. The van der Waals surface area contributed by atoms with Crippen LogP contribution in [0.25, 0.3) is 0 Å². The van der Waals surface area contributed by atoms with Crippen LogP contribution in [0.2, 0.25) is 0 Å². The standard InChI is InChI=1S/C15H14F3NO5/c1-3-24-14(22)10(12(20)15(16,17)18)8-19-11-7-5-4-6-9(11)13(21)23-2/h4-8,20H,3H2,1-2H3/b12-10-,19-8?. The van der Waals surface area contributed by atoms with Crippen LogP contribution in [0.4, 0.5) is 18.9 Å². The van der Waals surface area contributed by atoms with Gasteiger partial charge in [-0.3, -0.25) is 4.99 Å². The minimum Gasteiger partial charge on any atom is -0.504 e. The van der Waals surface area contributed by atoms with Gasteiger partial charge in [0.2, 0.25) is 5.76 Å². The third-order valence-electron chi connectivity index (χ3n) is 2.66. The number of benzene rings is 1. The number of hydrogen-bond acceptors (Lipinski definition) is 6. The van der Waals surface area contributed by atoms with Gasteiger partial charge in [0.1, 0.15) is 5.57 Å². The number of ether oxygens (including phenoxy) is 2. The Labute approximate surface area is 135 Å². The van der Waals surface area contributed by atoms with Crippen LogP contribution in [0.3, 0.4) is 0 Å². The maximum absolute atomic E-state index is 12.6. The molecule has 0 saturated carbocycles. The molecule has 0 aliphatic rings. The SMILES string of the molecule is CCOC(=O)/C(C=Nc1ccccc1C(=O)OC)=C(\O)C(F)(F)F. The molecule has 1 aromatic rings. The fourth-order valence-electron chi connectivity index (χ4n) is 1.57. The van der Waals surface area contributed by atoms with Gasteiger partial charge in [-0.2, -0.15) is 13.2 Å². The molecule has 1 N–H and O–H groups in total. The molecule has 0 heterocycles. The summed E-state index contributed by atoms with van der Waals surface area (Å²) >= 11 is 0. The lowest BCUT2D eigenvalue weighted by Gasteiger charge is -2.09. The number of hydrogen-bond donors (Lipinski definition) is 1. The number of carbonyl (C=O) groups excluding carboxylic acids is 2. The zero-order valence-corrected chi connectivity index (χ0v) is 12.8. The van der Waals surface area contributed by atoms with Gasteiger partial charge in [0.15, 0.2) is 0 Å². The van der Waals surface area contributed by atoms with Crippen LogP contribution in [0.15, 0.2) is 40.6 Å². The number of halogens is 3. The number of allylic oxidation sites excluding steroid dienone is 1. The quantitative estimate of drug-likeness (QED) is 0.384. The molecule has 130 valence electrons. The molecule has 24 heavy (non-hydrogen) atoms. The van der Waals surface area contributed by atoms with Crippen molar-refractivity contribution in [1.29, 1.82) is 0 Å². The molecule has 0 radical (unpaired) electrons. The van der Waals surface area contributed by atoms with Gasteiger partial charge in [-0.1, -0.05) is 12.1 Å². The Balaban J connectivity index is 3.33. The van der Waals surface area contributed by atoms with Crippen molar-refractivity contribution in [3.63, 3.8) is 0 Å². The molecule has 0 fully saturated rings. The van der Waals surface area contributed by atoms with E-state index in [1.165, 1.54) is 31.2 Å². The first-order valence-electron chi connectivity index (χ1n) is 6.61. The zero-order valence-electron chi connectivity index (χ0n) is 12.8. The minimum absolute atomic E-state index is 0.0223. The second kappa shape index (κ2) is 8.14. The van der Waals surface area contributed by atoms with Gasteiger partial charge >= 0.3 is 18.1 Å². The predicted octanol–water partition coefficient (Wildman–Crippen LogP) is 3.11. The Bertz CT molecular complexity index is 680. The van der Waals surface area contributed by atoms with Crippen molar-refractivity contribution in [1.82, 2.24) is 0 Å². The molecule has 0 atom stereocenters. The third-order valence-corrected chi connectivity index (χ3v) is 2.66. The van der Waals surface area contributed by atoms with Crippen molar-refractivity contribution >= 4 is 23.8 Å². The molecule has 0 saturated heterocycles. The molecule has 1 rings (SSSR count). The summed E-state index contributed by atoms with van der Waals surface area (Å²) < 4.78 is 46.9. The molecule has 9 heteroatoms. The van der Waals surface area contributed by atoms with Crippen LogP contribution in [0.1, 0.15) is 17.3 Å². The molecule has 0 aliphatic heterocycles. The van der Waals surface area contributed by atoms with Crippen molar-refractivity contribution in [2.45, 2.75) is 13.1 Å². The third kappa shape index (κ3) is 4.83. The van der Waals surface area contributed by atoms with Crippen LogP contribution >= 0.6 is 0 Å². The van der Waals surface area contributed by atoms with Crippen LogP contribution in [0, 0.1) is 0 Å². The topological polar surface area (TPSA) is 85.2 Å². The average Bonchev–Trinajstić information content (AvgIpc) is 2.54.